The van der Waals surface area contributed by atoms with Gasteiger partial charge in [-0.25, -0.2) is 0 Å². The van der Waals surface area contributed by atoms with Crippen LogP contribution in [-0.4, -0.2) is 45.1 Å². The number of hydrogen-bond donors (Lipinski definition) is 2. The zero-order chi connectivity index (χ0) is 13.8. The van der Waals surface area contributed by atoms with E-state index in [0.717, 1.165) is 24.8 Å². The lowest BCUT2D eigenvalue weighted by Crippen LogP contribution is -2.38. The predicted octanol–water partition coefficient (Wildman–Crippen LogP) is 1.98. The highest BCUT2D eigenvalue weighted by Crippen LogP contribution is 2.15. The largest absolute Gasteiger partial charge is 0.383 e. The van der Waals surface area contributed by atoms with Crippen molar-refractivity contribution in [2.45, 2.75) is 11.8 Å². The Morgan fingerprint density at radius 3 is 2.74 bits per heavy atom. The van der Waals surface area contributed by atoms with E-state index in [1.165, 1.54) is 4.90 Å². The first-order valence-corrected chi connectivity index (χ1v) is 7.54. The highest BCUT2D eigenvalue weighted by molar-refractivity contribution is 7.99. The second-order valence-electron chi connectivity index (χ2n) is 3.84. The molecular weight excluding hydrogens is 258 g/mol. The van der Waals surface area contributed by atoms with E-state index in [1.807, 2.05) is 17.8 Å². The zero-order valence-corrected chi connectivity index (χ0v) is 12.5. The molecule has 0 aliphatic carbocycles. The lowest BCUT2D eigenvalue weighted by molar-refractivity contribution is 0.208. The Hall–Kier alpha value is -1.20. The standard InChI is InChI=1S/C14H23N3OS/c1-3-15-14(16-9-11-18-2)17-10-12-19-13-7-5-4-6-8-13/h4-8H,3,9-12H2,1-2H3,(H2,15,16,17). The van der Waals surface area contributed by atoms with E-state index in [2.05, 4.69) is 46.8 Å². The summed E-state index contributed by atoms with van der Waals surface area (Å²) in [7, 11) is 1.69. The molecule has 5 heteroatoms. The summed E-state index contributed by atoms with van der Waals surface area (Å²) in [4.78, 5) is 5.70. The quantitative estimate of drug-likeness (QED) is 0.331. The molecule has 1 aromatic carbocycles. The first-order valence-electron chi connectivity index (χ1n) is 6.55. The van der Waals surface area contributed by atoms with Crippen LogP contribution in [0.2, 0.25) is 0 Å². The molecule has 19 heavy (non-hydrogen) atoms. The van der Waals surface area contributed by atoms with Crippen LogP contribution >= 0.6 is 11.8 Å². The van der Waals surface area contributed by atoms with Gasteiger partial charge in [0.2, 0.25) is 0 Å². The van der Waals surface area contributed by atoms with Crippen molar-refractivity contribution in [1.29, 1.82) is 0 Å². The van der Waals surface area contributed by atoms with Gasteiger partial charge in [-0.3, -0.25) is 4.99 Å². The van der Waals surface area contributed by atoms with E-state index in [-0.39, 0.29) is 0 Å². The number of aliphatic imine (C=N–C) groups is 1. The first-order chi connectivity index (χ1) is 9.36. The Balaban J connectivity index is 2.22. The van der Waals surface area contributed by atoms with Crippen molar-refractivity contribution in [1.82, 2.24) is 10.6 Å². The van der Waals surface area contributed by atoms with Gasteiger partial charge in [0.25, 0.3) is 0 Å². The predicted molar refractivity (Wildman–Crippen MR) is 83.0 cm³/mol. The molecule has 0 saturated heterocycles. The van der Waals surface area contributed by atoms with Crippen LogP contribution in [-0.2, 0) is 4.74 Å². The average molecular weight is 281 g/mol. The van der Waals surface area contributed by atoms with Gasteiger partial charge < -0.3 is 15.4 Å². The van der Waals surface area contributed by atoms with E-state index in [0.29, 0.717) is 13.2 Å². The molecule has 0 heterocycles. The maximum Gasteiger partial charge on any atom is 0.191 e. The molecule has 2 N–H and O–H groups in total. The number of methoxy groups -OCH3 is 1. The Morgan fingerprint density at radius 2 is 2.05 bits per heavy atom. The van der Waals surface area contributed by atoms with Crippen LogP contribution < -0.4 is 10.6 Å². The highest BCUT2D eigenvalue weighted by atomic mass is 32.2. The van der Waals surface area contributed by atoms with E-state index in [4.69, 9.17) is 4.74 Å². The van der Waals surface area contributed by atoms with Crippen LogP contribution in [0.5, 0.6) is 0 Å². The Labute approximate surface area is 120 Å². The number of rotatable bonds is 8. The lowest BCUT2D eigenvalue weighted by atomic mass is 10.4. The highest BCUT2D eigenvalue weighted by Gasteiger charge is 1.97. The van der Waals surface area contributed by atoms with Crippen LogP contribution in [0.3, 0.4) is 0 Å². The minimum Gasteiger partial charge on any atom is -0.383 e. The number of benzene rings is 1. The van der Waals surface area contributed by atoms with Crippen LogP contribution in [0, 0.1) is 0 Å². The monoisotopic (exact) mass is 281 g/mol. The second-order valence-corrected chi connectivity index (χ2v) is 5.01. The molecule has 0 unspecified atom stereocenters. The Bertz CT molecular complexity index is 357. The summed E-state index contributed by atoms with van der Waals surface area (Å²) in [6, 6.07) is 10.4. The van der Waals surface area contributed by atoms with Crippen molar-refractivity contribution < 1.29 is 4.74 Å². The summed E-state index contributed by atoms with van der Waals surface area (Å²) in [6.45, 7) is 5.14. The maximum atomic E-state index is 4.99. The van der Waals surface area contributed by atoms with Crippen LogP contribution in [0.4, 0.5) is 0 Å². The first kappa shape index (κ1) is 15.9. The van der Waals surface area contributed by atoms with Crippen molar-refractivity contribution in [2.24, 2.45) is 4.99 Å². The van der Waals surface area contributed by atoms with Gasteiger partial charge >= 0.3 is 0 Å². The van der Waals surface area contributed by atoms with E-state index in [9.17, 15) is 0 Å². The number of hydrogen-bond acceptors (Lipinski definition) is 3. The fourth-order valence-corrected chi connectivity index (χ4v) is 2.23. The lowest BCUT2D eigenvalue weighted by Gasteiger charge is -2.10. The van der Waals surface area contributed by atoms with E-state index in [1.54, 1.807) is 7.11 Å². The van der Waals surface area contributed by atoms with Crippen molar-refractivity contribution >= 4 is 17.7 Å². The van der Waals surface area contributed by atoms with Crippen LogP contribution in [0.1, 0.15) is 6.92 Å². The van der Waals surface area contributed by atoms with Crippen molar-refractivity contribution in [3.8, 4) is 0 Å². The topological polar surface area (TPSA) is 45.7 Å². The molecule has 0 radical (unpaired) electrons. The van der Waals surface area contributed by atoms with E-state index < -0.39 is 0 Å². The number of nitrogens with one attached hydrogen (secondary N) is 2. The fourth-order valence-electron chi connectivity index (χ4n) is 1.45. The number of thioether (sulfide) groups is 1. The van der Waals surface area contributed by atoms with Crippen molar-refractivity contribution in [3.05, 3.63) is 30.3 Å². The molecule has 1 aromatic rings. The molecule has 0 saturated carbocycles. The van der Waals surface area contributed by atoms with Gasteiger partial charge in [-0.2, -0.15) is 0 Å². The molecule has 4 nitrogen and oxygen atoms in total. The third-order valence-corrected chi connectivity index (χ3v) is 3.33. The molecule has 0 bridgehead atoms. The molecule has 0 aliphatic heterocycles. The normalized spacial score (nSPS) is 11.4. The van der Waals surface area contributed by atoms with Crippen molar-refractivity contribution in [3.63, 3.8) is 0 Å². The molecule has 0 spiro atoms. The van der Waals surface area contributed by atoms with Gasteiger partial charge in [0.1, 0.15) is 0 Å². The summed E-state index contributed by atoms with van der Waals surface area (Å²) >= 11 is 1.84. The molecule has 1 rings (SSSR count). The summed E-state index contributed by atoms with van der Waals surface area (Å²) in [5, 5.41) is 6.53. The van der Waals surface area contributed by atoms with Gasteiger partial charge in [0.15, 0.2) is 5.96 Å². The summed E-state index contributed by atoms with van der Waals surface area (Å²) < 4.78 is 4.99. The fraction of sp³-hybridized carbons (Fsp3) is 0.500. The van der Waals surface area contributed by atoms with Crippen molar-refractivity contribution in [2.75, 3.05) is 39.1 Å². The number of nitrogens with zero attached hydrogens (tertiary/aromatic N) is 1. The molecule has 0 atom stereocenters. The SMILES string of the molecule is CCNC(=NCCOC)NCCSc1ccccc1. The second kappa shape index (κ2) is 10.7. The average Bonchev–Trinajstić information content (AvgIpc) is 2.45. The van der Waals surface area contributed by atoms with Crippen LogP contribution in [0.15, 0.2) is 40.2 Å². The summed E-state index contributed by atoms with van der Waals surface area (Å²) in [5.41, 5.74) is 0. The molecule has 0 aromatic heterocycles. The zero-order valence-electron chi connectivity index (χ0n) is 11.7. The number of ether oxygens (including phenoxy) is 1. The third kappa shape index (κ3) is 7.74. The Kier molecular flexibility index (Phi) is 8.93. The molecule has 0 amide bonds. The Morgan fingerprint density at radius 1 is 1.26 bits per heavy atom. The molecular formula is C14H23N3OS. The van der Waals surface area contributed by atoms with Gasteiger partial charge in [0, 0.05) is 30.8 Å². The maximum absolute atomic E-state index is 4.99. The third-order valence-electron chi connectivity index (χ3n) is 2.32. The summed E-state index contributed by atoms with van der Waals surface area (Å²) in [5.74, 6) is 1.87. The van der Waals surface area contributed by atoms with Crippen LogP contribution in [0.25, 0.3) is 0 Å². The molecule has 0 fully saturated rings. The molecule has 106 valence electrons. The molecule has 0 aliphatic rings. The van der Waals surface area contributed by atoms with Gasteiger partial charge in [-0.05, 0) is 19.1 Å². The van der Waals surface area contributed by atoms with Gasteiger partial charge in [0.05, 0.1) is 13.2 Å². The minimum atomic E-state index is 0.648. The van der Waals surface area contributed by atoms with Gasteiger partial charge in [-0.15, -0.1) is 11.8 Å². The van der Waals surface area contributed by atoms with E-state index >= 15 is 0 Å². The number of guanidine groups is 1. The minimum absolute atomic E-state index is 0.648. The smallest absolute Gasteiger partial charge is 0.191 e. The summed E-state index contributed by atoms with van der Waals surface area (Å²) in [6.07, 6.45) is 0. The van der Waals surface area contributed by atoms with Gasteiger partial charge in [-0.1, -0.05) is 18.2 Å².